The Morgan fingerprint density at radius 1 is 1.31 bits per heavy atom. The number of fused-ring (bicyclic) bond motifs is 1. The minimum Gasteiger partial charge on any atom is -0.207 e. The van der Waals surface area contributed by atoms with Crippen molar-refractivity contribution in [1.29, 1.82) is 0 Å². The third-order valence-corrected chi connectivity index (χ3v) is 2.56. The number of allylic oxidation sites excluding steroid dienone is 1. The first kappa shape index (κ1) is 8.49. The van der Waals surface area contributed by atoms with E-state index in [9.17, 15) is 4.39 Å². The molecule has 1 heteroatoms. The molecular weight excluding hydrogens is 163 g/mol. The molecule has 1 aromatic rings. The molecule has 0 heterocycles. The number of hydrogen-bond acceptors (Lipinski definition) is 0. The molecular formula is C12H13F. The van der Waals surface area contributed by atoms with E-state index in [1.165, 1.54) is 5.56 Å². The van der Waals surface area contributed by atoms with Crippen molar-refractivity contribution in [3.8, 4) is 0 Å². The first-order valence-corrected chi connectivity index (χ1v) is 4.68. The Morgan fingerprint density at radius 2 is 2.08 bits per heavy atom. The highest BCUT2D eigenvalue weighted by atomic mass is 19.1. The molecule has 0 spiro atoms. The van der Waals surface area contributed by atoms with Gasteiger partial charge >= 0.3 is 0 Å². The van der Waals surface area contributed by atoms with Crippen molar-refractivity contribution in [2.75, 3.05) is 0 Å². The molecule has 0 atom stereocenters. The van der Waals surface area contributed by atoms with Crippen LogP contribution in [0.4, 0.5) is 4.39 Å². The Hall–Kier alpha value is -1.11. The first-order valence-electron chi connectivity index (χ1n) is 4.68. The molecule has 0 aromatic heterocycles. The zero-order chi connectivity index (χ0) is 9.42. The summed E-state index contributed by atoms with van der Waals surface area (Å²) in [5, 5.41) is 0. The van der Waals surface area contributed by atoms with E-state index in [1.807, 2.05) is 18.2 Å². The second-order valence-corrected chi connectivity index (χ2v) is 3.79. The molecule has 0 saturated carbocycles. The van der Waals surface area contributed by atoms with Gasteiger partial charge in [-0.05, 0) is 35.1 Å². The first-order chi connectivity index (χ1) is 6.20. The number of benzene rings is 1. The quantitative estimate of drug-likeness (QED) is 0.614. The summed E-state index contributed by atoms with van der Waals surface area (Å²) in [5.41, 5.74) is 3.23. The molecule has 2 rings (SSSR count). The molecule has 0 fully saturated rings. The fraction of sp³-hybridized carbons (Fsp3) is 0.333. The predicted molar refractivity (Wildman–Crippen MR) is 53.2 cm³/mol. The minimum atomic E-state index is -0.0654. The van der Waals surface area contributed by atoms with Crippen molar-refractivity contribution in [2.24, 2.45) is 0 Å². The molecule has 0 aliphatic heterocycles. The second-order valence-electron chi connectivity index (χ2n) is 3.79. The minimum absolute atomic E-state index is 0.0654. The molecule has 0 N–H and O–H groups in total. The van der Waals surface area contributed by atoms with Crippen LogP contribution in [0.1, 0.15) is 36.5 Å². The van der Waals surface area contributed by atoms with Crippen LogP contribution >= 0.6 is 0 Å². The van der Waals surface area contributed by atoms with E-state index in [0.717, 1.165) is 17.5 Å². The highest BCUT2D eigenvalue weighted by Crippen LogP contribution is 2.30. The summed E-state index contributed by atoms with van der Waals surface area (Å²) >= 11 is 0. The maximum Gasteiger partial charge on any atom is 0.127 e. The Balaban J connectivity index is 2.61. The van der Waals surface area contributed by atoms with Gasteiger partial charge in [0.25, 0.3) is 0 Å². The summed E-state index contributed by atoms with van der Waals surface area (Å²) < 4.78 is 13.3. The normalized spacial score (nSPS) is 13.8. The van der Waals surface area contributed by atoms with Gasteiger partial charge in [-0.15, -0.1) is 0 Å². The molecule has 68 valence electrons. The maximum atomic E-state index is 13.3. The van der Waals surface area contributed by atoms with Crippen molar-refractivity contribution < 1.29 is 4.39 Å². The van der Waals surface area contributed by atoms with E-state index in [-0.39, 0.29) is 5.82 Å². The van der Waals surface area contributed by atoms with Crippen LogP contribution in [-0.2, 0) is 6.42 Å². The maximum absolute atomic E-state index is 13.3. The predicted octanol–water partition coefficient (Wildman–Crippen LogP) is 3.52. The van der Waals surface area contributed by atoms with Crippen LogP contribution in [0.3, 0.4) is 0 Å². The van der Waals surface area contributed by atoms with Gasteiger partial charge in [-0.2, -0.15) is 0 Å². The van der Waals surface area contributed by atoms with Gasteiger partial charge in [0.1, 0.15) is 5.82 Å². The molecule has 0 nitrogen and oxygen atoms in total. The molecule has 0 saturated heterocycles. The van der Waals surface area contributed by atoms with Crippen LogP contribution in [0.25, 0.3) is 6.08 Å². The third kappa shape index (κ3) is 1.28. The lowest BCUT2D eigenvalue weighted by Crippen LogP contribution is -1.96. The van der Waals surface area contributed by atoms with Gasteiger partial charge in [0.2, 0.25) is 0 Å². The van der Waals surface area contributed by atoms with Crippen LogP contribution in [0, 0.1) is 5.82 Å². The number of rotatable bonds is 1. The lowest BCUT2D eigenvalue weighted by Gasteiger charge is -2.11. The van der Waals surface area contributed by atoms with Crippen molar-refractivity contribution in [3.05, 3.63) is 40.7 Å². The second kappa shape index (κ2) is 2.99. The average molecular weight is 176 g/mol. The number of hydrogen-bond donors (Lipinski definition) is 0. The summed E-state index contributed by atoms with van der Waals surface area (Å²) in [7, 11) is 0. The fourth-order valence-corrected chi connectivity index (χ4v) is 1.86. The molecule has 1 aromatic carbocycles. The highest BCUT2D eigenvalue weighted by molar-refractivity contribution is 5.64. The largest absolute Gasteiger partial charge is 0.207 e. The summed E-state index contributed by atoms with van der Waals surface area (Å²) in [6, 6.07) is 3.48. The van der Waals surface area contributed by atoms with Crippen LogP contribution in [0.2, 0.25) is 0 Å². The van der Waals surface area contributed by atoms with Crippen LogP contribution < -0.4 is 0 Å². The van der Waals surface area contributed by atoms with Gasteiger partial charge in [0.05, 0.1) is 0 Å². The van der Waals surface area contributed by atoms with E-state index in [4.69, 9.17) is 0 Å². The molecule has 1 aliphatic carbocycles. The van der Waals surface area contributed by atoms with Gasteiger partial charge in [0, 0.05) is 0 Å². The number of halogens is 1. The van der Waals surface area contributed by atoms with E-state index in [0.29, 0.717) is 5.92 Å². The Kier molecular flexibility index (Phi) is 1.95. The average Bonchev–Trinajstić information content (AvgIpc) is 2.53. The lowest BCUT2D eigenvalue weighted by molar-refractivity contribution is 0.613. The molecule has 13 heavy (non-hydrogen) atoms. The van der Waals surface area contributed by atoms with E-state index in [2.05, 4.69) is 13.8 Å². The monoisotopic (exact) mass is 176 g/mol. The van der Waals surface area contributed by atoms with E-state index in [1.54, 1.807) is 6.07 Å². The van der Waals surface area contributed by atoms with Crippen molar-refractivity contribution in [2.45, 2.75) is 26.2 Å². The standard InChI is InChI=1S/C12H13F/c1-8(2)9-6-7-12(13)11-5-3-4-10(9)11/h3-4,6-8H,5H2,1-2H3. The molecule has 1 aliphatic rings. The van der Waals surface area contributed by atoms with Gasteiger partial charge in [-0.3, -0.25) is 0 Å². The van der Waals surface area contributed by atoms with Crippen molar-refractivity contribution >= 4 is 6.08 Å². The Labute approximate surface area is 78.1 Å². The van der Waals surface area contributed by atoms with E-state index < -0.39 is 0 Å². The molecule has 0 unspecified atom stereocenters. The van der Waals surface area contributed by atoms with Gasteiger partial charge in [-0.1, -0.05) is 32.1 Å². The smallest absolute Gasteiger partial charge is 0.127 e. The van der Waals surface area contributed by atoms with Gasteiger partial charge < -0.3 is 0 Å². The van der Waals surface area contributed by atoms with Crippen LogP contribution in [0.15, 0.2) is 18.2 Å². The summed E-state index contributed by atoms with van der Waals surface area (Å²) in [6.07, 6.45) is 4.81. The lowest BCUT2D eigenvalue weighted by atomic mass is 9.95. The topological polar surface area (TPSA) is 0 Å². The Morgan fingerprint density at radius 3 is 2.77 bits per heavy atom. The summed E-state index contributed by atoms with van der Waals surface area (Å²) in [5.74, 6) is 0.404. The van der Waals surface area contributed by atoms with Gasteiger partial charge in [0.15, 0.2) is 0 Å². The third-order valence-electron chi connectivity index (χ3n) is 2.56. The van der Waals surface area contributed by atoms with Crippen LogP contribution in [-0.4, -0.2) is 0 Å². The van der Waals surface area contributed by atoms with Gasteiger partial charge in [-0.25, -0.2) is 4.39 Å². The van der Waals surface area contributed by atoms with Crippen LogP contribution in [0.5, 0.6) is 0 Å². The molecule has 0 radical (unpaired) electrons. The molecule has 0 amide bonds. The Bertz CT molecular complexity index is 362. The summed E-state index contributed by atoms with van der Waals surface area (Å²) in [6.45, 7) is 4.28. The van der Waals surface area contributed by atoms with E-state index >= 15 is 0 Å². The van der Waals surface area contributed by atoms with Crippen molar-refractivity contribution in [3.63, 3.8) is 0 Å². The highest BCUT2D eigenvalue weighted by Gasteiger charge is 2.15. The molecule has 0 bridgehead atoms. The zero-order valence-electron chi connectivity index (χ0n) is 7.97. The zero-order valence-corrected chi connectivity index (χ0v) is 7.97. The SMILES string of the molecule is CC(C)c1ccc(F)c2c1C=CC2. The fourth-order valence-electron chi connectivity index (χ4n) is 1.86. The van der Waals surface area contributed by atoms with Crippen molar-refractivity contribution in [1.82, 2.24) is 0 Å². The summed E-state index contributed by atoms with van der Waals surface area (Å²) in [4.78, 5) is 0.